The standard InChI is InChI=1S/C14H14BrN3O3/c15-10-4-1-3-9(7-10)13-16-12(21-17-13)8-18-6-2-5-11(18)14(19)20/h1,3-4,7,11H,2,5-6,8H2,(H,19,20)/t11-/m1/s1. The summed E-state index contributed by atoms with van der Waals surface area (Å²) in [5.41, 5.74) is 0.857. The van der Waals surface area contributed by atoms with Crippen molar-refractivity contribution in [2.24, 2.45) is 0 Å². The molecule has 1 fully saturated rings. The van der Waals surface area contributed by atoms with Gasteiger partial charge in [-0.25, -0.2) is 0 Å². The minimum absolute atomic E-state index is 0.373. The number of halogens is 1. The predicted molar refractivity (Wildman–Crippen MR) is 78.5 cm³/mol. The van der Waals surface area contributed by atoms with Crippen LogP contribution in [0.1, 0.15) is 18.7 Å². The Hall–Kier alpha value is -1.73. The Balaban J connectivity index is 1.75. The van der Waals surface area contributed by atoms with Gasteiger partial charge in [-0.2, -0.15) is 4.98 Å². The summed E-state index contributed by atoms with van der Waals surface area (Å²) < 4.78 is 6.18. The van der Waals surface area contributed by atoms with Crippen LogP contribution < -0.4 is 0 Å². The molecular formula is C14H14BrN3O3. The number of benzene rings is 1. The lowest BCUT2D eigenvalue weighted by molar-refractivity contribution is -0.142. The molecule has 2 aromatic rings. The second-order valence-electron chi connectivity index (χ2n) is 4.99. The second kappa shape index (κ2) is 5.95. The number of rotatable bonds is 4. The van der Waals surface area contributed by atoms with Crippen LogP contribution in [0, 0.1) is 0 Å². The minimum Gasteiger partial charge on any atom is -0.480 e. The molecule has 0 unspecified atom stereocenters. The topological polar surface area (TPSA) is 79.5 Å². The van der Waals surface area contributed by atoms with E-state index in [0.29, 0.717) is 24.7 Å². The van der Waals surface area contributed by atoms with Crippen LogP contribution in [0.4, 0.5) is 0 Å². The fraction of sp³-hybridized carbons (Fsp3) is 0.357. The normalized spacial score (nSPS) is 19.0. The zero-order chi connectivity index (χ0) is 14.8. The van der Waals surface area contributed by atoms with Crippen LogP contribution in [0.2, 0.25) is 0 Å². The molecule has 1 saturated heterocycles. The highest BCUT2D eigenvalue weighted by Gasteiger charge is 2.31. The zero-order valence-electron chi connectivity index (χ0n) is 11.2. The van der Waals surface area contributed by atoms with E-state index in [9.17, 15) is 4.79 Å². The number of carboxylic acid groups (broad SMARTS) is 1. The Labute approximate surface area is 129 Å². The van der Waals surface area contributed by atoms with Gasteiger partial charge in [-0.15, -0.1) is 0 Å². The molecule has 1 aliphatic heterocycles. The molecule has 1 N–H and O–H groups in total. The van der Waals surface area contributed by atoms with Gasteiger partial charge in [0, 0.05) is 10.0 Å². The molecule has 21 heavy (non-hydrogen) atoms. The maximum atomic E-state index is 11.2. The van der Waals surface area contributed by atoms with Gasteiger partial charge in [-0.05, 0) is 31.5 Å². The number of hydrogen-bond acceptors (Lipinski definition) is 5. The molecule has 0 spiro atoms. The van der Waals surface area contributed by atoms with E-state index < -0.39 is 12.0 Å². The summed E-state index contributed by atoms with van der Waals surface area (Å²) >= 11 is 3.40. The van der Waals surface area contributed by atoms with Crippen molar-refractivity contribution >= 4 is 21.9 Å². The van der Waals surface area contributed by atoms with Crippen LogP contribution >= 0.6 is 15.9 Å². The average molecular weight is 352 g/mol. The maximum absolute atomic E-state index is 11.2. The molecule has 0 amide bonds. The number of aromatic nitrogens is 2. The Bertz CT molecular complexity index is 658. The Kier molecular flexibility index (Phi) is 4.03. The van der Waals surface area contributed by atoms with Gasteiger partial charge in [0.25, 0.3) is 0 Å². The number of likely N-dealkylation sites (tertiary alicyclic amines) is 1. The van der Waals surface area contributed by atoms with Crippen LogP contribution in [0.25, 0.3) is 11.4 Å². The van der Waals surface area contributed by atoms with Crippen LogP contribution in [0.15, 0.2) is 33.3 Å². The van der Waals surface area contributed by atoms with Crippen LogP contribution in [0.5, 0.6) is 0 Å². The van der Waals surface area contributed by atoms with Crippen molar-refractivity contribution < 1.29 is 14.4 Å². The van der Waals surface area contributed by atoms with Crippen LogP contribution in [0.3, 0.4) is 0 Å². The summed E-state index contributed by atoms with van der Waals surface area (Å²) in [7, 11) is 0. The third kappa shape index (κ3) is 3.14. The average Bonchev–Trinajstić information content (AvgIpc) is 3.08. The molecule has 1 atom stereocenters. The number of aliphatic carboxylic acids is 1. The SMILES string of the molecule is O=C(O)[C@H]1CCCN1Cc1nc(-c2cccc(Br)c2)no1. The molecule has 2 heterocycles. The Morgan fingerprint density at radius 1 is 1.52 bits per heavy atom. The van der Waals surface area contributed by atoms with E-state index in [1.807, 2.05) is 29.2 Å². The van der Waals surface area contributed by atoms with Gasteiger partial charge in [-0.3, -0.25) is 9.69 Å². The summed E-state index contributed by atoms with van der Waals surface area (Å²) in [5, 5.41) is 13.1. The quantitative estimate of drug-likeness (QED) is 0.911. The molecule has 7 heteroatoms. The smallest absolute Gasteiger partial charge is 0.320 e. The molecule has 6 nitrogen and oxygen atoms in total. The van der Waals surface area contributed by atoms with E-state index in [2.05, 4.69) is 26.1 Å². The fourth-order valence-electron chi connectivity index (χ4n) is 2.53. The van der Waals surface area contributed by atoms with Gasteiger partial charge in [0.2, 0.25) is 11.7 Å². The van der Waals surface area contributed by atoms with Gasteiger partial charge < -0.3 is 9.63 Å². The van der Waals surface area contributed by atoms with E-state index in [0.717, 1.165) is 23.0 Å². The largest absolute Gasteiger partial charge is 0.480 e. The molecule has 3 rings (SSSR count). The molecule has 1 aromatic heterocycles. The summed E-state index contributed by atoms with van der Waals surface area (Å²) in [6.07, 6.45) is 1.55. The molecule has 1 aromatic carbocycles. The third-order valence-electron chi connectivity index (χ3n) is 3.54. The minimum atomic E-state index is -0.792. The van der Waals surface area contributed by atoms with Gasteiger partial charge in [-0.1, -0.05) is 33.2 Å². The van der Waals surface area contributed by atoms with Crippen molar-refractivity contribution in [3.05, 3.63) is 34.6 Å². The highest BCUT2D eigenvalue weighted by Crippen LogP contribution is 2.23. The monoisotopic (exact) mass is 351 g/mol. The highest BCUT2D eigenvalue weighted by atomic mass is 79.9. The Morgan fingerprint density at radius 3 is 3.14 bits per heavy atom. The summed E-state index contributed by atoms with van der Waals surface area (Å²) in [6.45, 7) is 1.11. The van der Waals surface area contributed by atoms with E-state index in [1.54, 1.807) is 0 Å². The third-order valence-corrected chi connectivity index (χ3v) is 4.03. The lowest BCUT2D eigenvalue weighted by atomic mass is 10.2. The first kappa shape index (κ1) is 14.2. The van der Waals surface area contributed by atoms with Gasteiger partial charge >= 0.3 is 5.97 Å². The zero-order valence-corrected chi connectivity index (χ0v) is 12.8. The highest BCUT2D eigenvalue weighted by molar-refractivity contribution is 9.10. The maximum Gasteiger partial charge on any atom is 0.320 e. The van der Waals surface area contributed by atoms with Crippen molar-refractivity contribution in [2.45, 2.75) is 25.4 Å². The molecule has 0 radical (unpaired) electrons. The number of nitrogens with zero attached hydrogens (tertiary/aromatic N) is 3. The van der Waals surface area contributed by atoms with Crippen molar-refractivity contribution in [2.75, 3.05) is 6.54 Å². The fourth-order valence-corrected chi connectivity index (χ4v) is 2.93. The summed E-state index contributed by atoms with van der Waals surface area (Å²) in [5.74, 6) is 0.162. The molecule has 0 aliphatic carbocycles. The van der Waals surface area contributed by atoms with Crippen molar-refractivity contribution in [3.63, 3.8) is 0 Å². The number of hydrogen-bond donors (Lipinski definition) is 1. The predicted octanol–water partition coefficient (Wildman–Crippen LogP) is 2.55. The second-order valence-corrected chi connectivity index (χ2v) is 5.90. The lowest BCUT2D eigenvalue weighted by Crippen LogP contribution is -2.35. The lowest BCUT2D eigenvalue weighted by Gasteiger charge is -2.18. The molecule has 0 bridgehead atoms. The molecule has 1 aliphatic rings. The van der Waals surface area contributed by atoms with E-state index in [4.69, 9.17) is 9.63 Å². The van der Waals surface area contributed by atoms with Gasteiger partial charge in [0.1, 0.15) is 6.04 Å². The van der Waals surface area contributed by atoms with E-state index >= 15 is 0 Å². The van der Waals surface area contributed by atoms with Crippen LogP contribution in [-0.4, -0.2) is 38.7 Å². The van der Waals surface area contributed by atoms with Crippen molar-refractivity contribution in [1.29, 1.82) is 0 Å². The number of carboxylic acids is 1. The summed E-state index contributed by atoms with van der Waals surface area (Å²) in [6, 6.07) is 7.17. The van der Waals surface area contributed by atoms with Gasteiger partial charge in [0.05, 0.1) is 6.54 Å². The molecular weight excluding hydrogens is 338 g/mol. The summed E-state index contributed by atoms with van der Waals surface area (Å²) in [4.78, 5) is 17.4. The first-order valence-electron chi connectivity index (χ1n) is 6.69. The van der Waals surface area contributed by atoms with Crippen molar-refractivity contribution in [1.82, 2.24) is 15.0 Å². The van der Waals surface area contributed by atoms with Crippen molar-refractivity contribution in [3.8, 4) is 11.4 Å². The Morgan fingerprint density at radius 2 is 2.38 bits per heavy atom. The van der Waals surface area contributed by atoms with E-state index in [1.165, 1.54) is 0 Å². The molecule has 110 valence electrons. The molecule has 0 saturated carbocycles. The first-order valence-corrected chi connectivity index (χ1v) is 7.48. The first-order chi connectivity index (χ1) is 10.1. The van der Waals surface area contributed by atoms with Gasteiger partial charge in [0.15, 0.2) is 0 Å². The number of carbonyl (C=O) groups is 1. The van der Waals surface area contributed by atoms with E-state index in [-0.39, 0.29) is 0 Å². The van der Waals surface area contributed by atoms with Crippen LogP contribution in [-0.2, 0) is 11.3 Å².